The van der Waals surface area contributed by atoms with E-state index in [0.717, 1.165) is 12.0 Å². The molecule has 0 aliphatic carbocycles. The summed E-state index contributed by atoms with van der Waals surface area (Å²) in [6, 6.07) is 0. The maximum Gasteiger partial charge on any atom is 0.228 e. The number of aliphatic imine (C=N–C) groups is 1. The van der Waals surface area contributed by atoms with Gasteiger partial charge < -0.3 is 16.4 Å². The quantitative estimate of drug-likeness (QED) is 0.129. The third-order valence-corrected chi connectivity index (χ3v) is 1.88. The fourth-order valence-corrected chi connectivity index (χ4v) is 1.01. The lowest BCUT2D eigenvalue weighted by atomic mass is 10.2. The van der Waals surface area contributed by atoms with Crippen LogP contribution in [0.5, 0.6) is 0 Å². The van der Waals surface area contributed by atoms with Crippen molar-refractivity contribution in [2.75, 3.05) is 5.75 Å². The van der Waals surface area contributed by atoms with Crippen LogP contribution >= 0.6 is 12.0 Å². The molecule has 0 unspecified atom stereocenters. The van der Waals surface area contributed by atoms with E-state index in [-0.39, 0.29) is 23.7 Å². The number of hydrogen-bond donors (Lipinski definition) is 2. The number of carbonyl (C=O) groups is 1. The van der Waals surface area contributed by atoms with Crippen LogP contribution in [0.15, 0.2) is 28.8 Å². The van der Waals surface area contributed by atoms with Crippen LogP contribution in [0.3, 0.4) is 0 Å². The molecular formula is C10H17N3O3S. The van der Waals surface area contributed by atoms with Crippen LogP contribution in [-0.2, 0) is 14.0 Å². The molecule has 0 radical (unpaired) electrons. The van der Waals surface area contributed by atoms with Crippen molar-refractivity contribution < 1.29 is 14.0 Å². The van der Waals surface area contributed by atoms with Crippen molar-refractivity contribution in [3.63, 3.8) is 0 Å². The summed E-state index contributed by atoms with van der Waals surface area (Å²) in [4.78, 5) is 19.9. The van der Waals surface area contributed by atoms with Gasteiger partial charge in [0.25, 0.3) is 0 Å². The van der Waals surface area contributed by atoms with Crippen molar-refractivity contribution in [3.05, 3.63) is 23.9 Å². The number of Topliss-reactive ketones (excluding diaryl/α,β-unsaturated/α-hetero) is 1. The first-order valence-electron chi connectivity index (χ1n) is 4.97. The lowest BCUT2D eigenvalue weighted by Gasteiger charge is -2.06. The van der Waals surface area contributed by atoms with Crippen molar-refractivity contribution in [2.45, 2.75) is 20.3 Å². The number of allylic oxidation sites excluding steroid dienone is 2. The standard InChI is InChI=1S/C10H17N3O3S/c1-3-17-16-15-10(8(2)14)9(12)4-6-13-7-5-11/h5-7H,3-4,11-12H2,1-2H3/b7-5-,10-9-,13-6-. The van der Waals surface area contributed by atoms with Crippen molar-refractivity contribution in [1.82, 2.24) is 0 Å². The predicted octanol–water partition coefficient (Wildman–Crippen LogP) is 1.25. The van der Waals surface area contributed by atoms with Crippen LogP contribution in [0.2, 0.25) is 0 Å². The first-order valence-corrected chi connectivity index (χ1v) is 5.88. The van der Waals surface area contributed by atoms with E-state index in [1.807, 2.05) is 6.92 Å². The highest BCUT2D eigenvalue weighted by Gasteiger charge is 2.12. The number of rotatable bonds is 8. The molecule has 0 aromatic rings. The summed E-state index contributed by atoms with van der Waals surface area (Å²) in [5.74, 6) is 0.393. The van der Waals surface area contributed by atoms with E-state index in [0.29, 0.717) is 5.75 Å². The summed E-state index contributed by atoms with van der Waals surface area (Å²) >= 11 is 1.08. The van der Waals surface area contributed by atoms with Gasteiger partial charge in [-0.25, -0.2) is 0 Å². The minimum Gasteiger partial charge on any atom is -0.403 e. The minimum absolute atomic E-state index is 0.00544. The van der Waals surface area contributed by atoms with E-state index < -0.39 is 0 Å². The fraction of sp³-hybridized carbons (Fsp3) is 0.400. The van der Waals surface area contributed by atoms with Gasteiger partial charge in [0.05, 0.1) is 5.70 Å². The largest absolute Gasteiger partial charge is 0.403 e. The maximum absolute atomic E-state index is 11.2. The molecule has 96 valence electrons. The Hall–Kier alpha value is -1.47. The Morgan fingerprint density at radius 1 is 1.53 bits per heavy atom. The van der Waals surface area contributed by atoms with Gasteiger partial charge >= 0.3 is 0 Å². The third kappa shape index (κ3) is 7.42. The molecule has 0 fully saturated rings. The Bertz CT molecular complexity index is 327. The van der Waals surface area contributed by atoms with Crippen LogP contribution in [0.1, 0.15) is 20.3 Å². The zero-order valence-corrected chi connectivity index (χ0v) is 10.7. The molecular weight excluding hydrogens is 242 g/mol. The summed E-state index contributed by atoms with van der Waals surface area (Å²) < 4.78 is 4.73. The molecule has 7 heteroatoms. The Morgan fingerprint density at radius 3 is 2.76 bits per heavy atom. The van der Waals surface area contributed by atoms with Gasteiger partial charge in [-0.1, -0.05) is 6.92 Å². The van der Waals surface area contributed by atoms with Gasteiger partial charge in [0.1, 0.15) is 0 Å². The molecule has 4 N–H and O–H groups in total. The number of ketones is 1. The summed E-state index contributed by atoms with van der Waals surface area (Å²) in [6.45, 7) is 3.24. The molecule has 0 aliphatic rings. The van der Waals surface area contributed by atoms with Crippen LogP contribution in [0.4, 0.5) is 0 Å². The zero-order valence-electron chi connectivity index (χ0n) is 9.88. The molecule has 0 rings (SSSR count). The van der Waals surface area contributed by atoms with Crippen LogP contribution < -0.4 is 11.5 Å². The molecule has 0 spiro atoms. The van der Waals surface area contributed by atoms with Gasteiger partial charge in [-0.3, -0.25) is 9.79 Å². The fourth-order valence-electron chi connectivity index (χ4n) is 0.799. The summed E-state index contributed by atoms with van der Waals surface area (Å²) in [5.41, 5.74) is 11.0. The molecule has 0 saturated carbocycles. The number of nitrogens with zero attached hydrogens (tertiary/aromatic N) is 1. The summed E-state index contributed by atoms with van der Waals surface area (Å²) in [5, 5.41) is 0. The Labute approximate surface area is 105 Å². The smallest absolute Gasteiger partial charge is 0.228 e. The highest BCUT2D eigenvalue weighted by Crippen LogP contribution is 2.11. The van der Waals surface area contributed by atoms with Gasteiger partial charge in [0, 0.05) is 49.8 Å². The van der Waals surface area contributed by atoms with E-state index in [9.17, 15) is 4.79 Å². The molecule has 0 bridgehead atoms. The van der Waals surface area contributed by atoms with Gasteiger partial charge in [0.15, 0.2) is 5.78 Å². The zero-order chi connectivity index (χ0) is 13.1. The monoisotopic (exact) mass is 259 g/mol. The van der Waals surface area contributed by atoms with Crippen LogP contribution in [0.25, 0.3) is 0 Å². The predicted molar refractivity (Wildman–Crippen MR) is 68.6 cm³/mol. The normalized spacial score (nSPS) is 13.1. The molecule has 0 saturated heterocycles. The third-order valence-electron chi connectivity index (χ3n) is 1.48. The van der Waals surface area contributed by atoms with Crippen molar-refractivity contribution in [1.29, 1.82) is 0 Å². The molecule has 0 heterocycles. The van der Waals surface area contributed by atoms with E-state index in [2.05, 4.69) is 4.99 Å². The Balaban J connectivity index is 4.46. The first kappa shape index (κ1) is 15.5. The SMILES string of the molecule is CCSOO/C(C(C)=O)=C(\N)C/C=N\C=C/N. The highest BCUT2D eigenvalue weighted by molar-refractivity contribution is 7.94. The number of hydrogen-bond acceptors (Lipinski definition) is 7. The summed E-state index contributed by atoms with van der Waals surface area (Å²) in [6.07, 6.45) is 4.49. The van der Waals surface area contributed by atoms with Gasteiger partial charge in [-0.05, 0) is 0 Å². The lowest BCUT2D eigenvalue weighted by molar-refractivity contribution is -0.160. The topological polar surface area (TPSA) is 99.9 Å². The molecule has 0 atom stereocenters. The first-order chi connectivity index (χ1) is 8.13. The molecule has 17 heavy (non-hydrogen) atoms. The average molecular weight is 259 g/mol. The highest BCUT2D eigenvalue weighted by atomic mass is 32.2. The van der Waals surface area contributed by atoms with E-state index in [1.54, 1.807) is 0 Å². The van der Waals surface area contributed by atoms with Gasteiger partial charge in [-0.15, -0.1) is 4.33 Å². The summed E-state index contributed by atoms with van der Waals surface area (Å²) in [7, 11) is 0. The molecule has 0 aliphatic heterocycles. The minimum atomic E-state index is -0.304. The van der Waals surface area contributed by atoms with Crippen molar-refractivity contribution in [3.8, 4) is 0 Å². The number of nitrogens with two attached hydrogens (primary N) is 2. The second-order valence-electron chi connectivity index (χ2n) is 2.85. The van der Waals surface area contributed by atoms with E-state index >= 15 is 0 Å². The van der Waals surface area contributed by atoms with E-state index in [1.165, 1.54) is 25.5 Å². The van der Waals surface area contributed by atoms with Crippen molar-refractivity contribution in [2.24, 2.45) is 16.5 Å². The maximum atomic E-state index is 11.2. The molecule has 0 amide bonds. The van der Waals surface area contributed by atoms with E-state index in [4.69, 9.17) is 20.7 Å². The lowest BCUT2D eigenvalue weighted by Crippen LogP contribution is -2.11. The Morgan fingerprint density at radius 2 is 2.24 bits per heavy atom. The van der Waals surface area contributed by atoms with Crippen LogP contribution in [0, 0.1) is 0 Å². The second kappa shape index (κ2) is 9.73. The Kier molecular flexibility index (Phi) is 8.89. The second-order valence-corrected chi connectivity index (χ2v) is 3.79. The van der Waals surface area contributed by atoms with Crippen LogP contribution in [-0.4, -0.2) is 17.8 Å². The van der Waals surface area contributed by atoms with Crippen molar-refractivity contribution >= 4 is 24.0 Å². The number of carbonyl (C=O) groups excluding carboxylic acids is 1. The molecule has 0 aromatic carbocycles. The van der Waals surface area contributed by atoms with Gasteiger partial charge in [0.2, 0.25) is 5.76 Å². The molecule has 6 nitrogen and oxygen atoms in total. The molecule has 0 aromatic heterocycles. The average Bonchev–Trinajstić information content (AvgIpc) is 2.29. The van der Waals surface area contributed by atoms with Gasteiger partial charge in [-0.2, -0.15) is 0 Å².